The molecule has 2 aliphatic heterocycles. The molecular formula is C14H27N3O. The van der Waals surface area contributed by atoms with Crippen molar-refractivity contribution in [3.05, 3.63) is 0 Å². The molecule has 0 bridgehead atoms. The fourth-order valence-electron chi connectivity index (χ4n) is 3.18. The molecule has 4 nitrogen and oxygen atoms in total. The van der Waals surface area contributed by atoms with Crippen molar-refractivity contribution in [1.29, 1.82) is 0 Å². The van der Waals surface area contributed by atoms with E-state index in [2.05, 4.69) is 29.0 Å². The van der Waals surface area contributed by atoms with E-state index in [1.807, 2.05) is 6.92 Å². The highest BCUT2D eigenvalue weighted by molar-refractivity contribution is 5.82. The van der Waals surface area contributed by atoms with Gasteiger partial charge >= 0.3 is 0 Å². The third-order valence-electron chi connectivity index (χ3n) is 4.21. The predicted octanol–water partition coefficient (Wildman–Crippen LogP) is 1.42. The van der Waals surface area contributed by atoms with Gasteiger partial charge < -0.3 is 10.2 Å². The van der Waals surface area contributed by atoms with E-state index >= 15 is 0 Å². The molecular weight excluding hydrogens is 226 g/mol. The van der Waals surface area contributed by atoms with Gasteiger partial charge in [0.05, 0.1) is 12.2 Å². The van der Waals surface area contributed by atoms with Crippen LogP contribution >= 0.6 is 0 Å². The Hall–Kier alpha value is -0.610. The van der Waals surface area contributed by atoms with Gasteiger partial charge in [0.15, 0.2) is 0 Å². The SMILES string of the molecule is CC1NCCCN(C2CCCCN2C(C)C)C1=O. The number of carbonyl (C=O) groups is 1. The predicted molar refractivity (Wildman–Crippen MR) is 73.3 cm³/mol. The van der Waals surface area contributed by atoms with Crippen LogP contribution in [0.25, 0.3) is 0 Å². The van der Waals surface area contributed by atoms with Crippen LogP contribution < -0.4 is 5.32 Å². The number of rotatable bonds is 2. The van der Waals surface area contributed by atoms with Gasteiger partial charge in [0, 0.05) is 19.1 Å². The maximum atomic E-state index is 12.4. The van der Waals surface area contributed by atoms with Crippen molar-refractivity contribution in [2.45, 2.75) is 64.7 Å². The van der Waals surface area contributed by atoms with E-state index in [9.17, 15) is 4.79 Å². The van der Waals surface area contributed by atoms with Gasteiger partial charge in [0.25, 0.3) is 0 Å². The van der Waals surface area contributed by atoms with Crippen LogP contribution in [0.15, 0.2) is 0 Å². The van der Waals surface area contributed by atoms with Crippen molar-refractivity contribution in [3.8, 4) is 0 Å². The quantitative estimate of drug-likeness (QED) is 0.808. The van der Waals surface area contributed by atoms with Crippen LogP contribution in [0.5, 0.6) is 0 Å². The first-order valence-corrected chi connectivity index (χ1v) is 7.41. The fourth-order valence-corrected chi connectivity index (χ4v) is 3.18. The van der Waals surface area contributed by atoms with Crippen LogP contribution in [-0.2, 0) is 4.79 Å². The Morgan fingerprint density at radius 1 is 1.22 bits per heavy atom. The molecule has 0 aromatic heterocycles. The van der Waals surface area contributed by atoms with Crippen LogP contribution in [0.4, 0.5) is 0 Å². The molecule has 2 unspecified atom stereocenters. The van der Waals surface area contributed by atoms with Gasteiger partial charge in [-0.05, 0) is 53.0 Å². The molecule has 2 fully saturated rings. The standard InChI is InChI=1S/C14H27N3O/c1-11(2)16-9-5-4-7-13(16)17-10-6-8-15-12(3)14(17)18/h11-13,15H,4-10H2,1-3H3. The fraction of sp³-hybridized carbons (Fsp3) is 0.929. The normalized spacial score (nSPS) is 31.8. The second-order valence-corrected chi connectivity index (χ2v) is 5.87. The number of piperidine rings is 1. The smallest absolute Gasteiger partial charge is 0.240 e. The molecule has 2 rings (SSSR count). The highest BCUT2D eigenvalue weighted by Crippen LogP contribution is 2.24. The average molecular weight is 253 g/mol. The lowest BCUT2D eigenvalue weighted by Gasteiger charge is -2.44. The maximum Gasteiger partial charge on any atom is 0.240 e. The molecule has 2 aliphatic rings. The Balaban J connectivity index is 2.13. The number of carbonyl (C=O) groups excluding carboxylic acids is 1. The van der Waals surface area contributed by atoms with Gasteiger partial charge in [-0.2, -0.15) is 0 Å². The number of hydrogen-bond acceptors (Lipinski definition) is 3. The summed E-state index contributed by atoms with van der Waals surface area (Å²) in [6.45, 7) is 9.46. The van der Waals surface area contributed by atoms with Crippen molar-refractivity contribution in [1.82, 2.24) is 15.1 Å². The minimum Gasteiger partial charge on any atom is -0.326 e. The zero-order valence-corrected chi connectivity index (χ0v) is 12.0. The molecule has 1 N–H and O–H groups in total. The van der Waals surface area contributed by atoms with Crippen LogP contribution in [0.2, 0.25) is 0 Å². The minimum atomic E-state index is -0.0246. The molecule has 0 aromatic carbocycles. The van der Waals surface area contributed by atoms with E-state index in [-0.39, 0.29) is 11.9 Å². The van der Waals surface area contributed by atoms with Gasteiger partial charge in [0.1, 0.15) is 0 Å². The lowest BCUT2D eigenvalue weighted by atomic mass is 10.0. The minimum absolute atomic E-state index is 0.0246. The highest BCUT2D eigenvalue weighted by Gasteiger charge is 2.34. The Labute approximate surface area is 111 Å². The van der Waals surface area contributed by atoms with Crippen molar-refractivity contribution >= 4 is 5.91 Å². The summed E-state index contributed by atoms with van der Waals surface area (Å²) in [6.07, 6.45) is 5.05. The first-order valence-electron chi connectivity index (χ1n) is 7.41. The largest absolute Gasteiger partial charge is 0.326 e. The zero-order valence-electron chi connectivity index (χ0n) is 12.0. The molecule has 0 aliphatic carbocycles. The molecule has 18 heavy (non-hydrogen) atoms. The Morgan fingerprint density at radius 3 is 2.72 bits per heavy atom. The number of nitrogens with one attached hydrogen (secondary N) is 1. The summed E-state index contributed by atoms with van der Waals surface area (Å²) in [5.41, 5.74) is 0. The third kappa shape index (κ3) is 2.86. The maximum absolute atomic E-state index is 12.4. The molecule has 2 atom stereocenters. The van der Waals surface area contributed by atoms with Crippen molar-refractivity contribution in [2.75, 3.05) is 19.6 Å². The van der Waals surface area contributed by atoms with Crippen molar-refractivity contribution in [3.63, 3.8) is 0 Å². The second kappa shape index (κ2) is 6.02. The van der Waals surface area contributed by atoms with Crippen LogP contribution in [0.3, 0.4) is 0 Å². The lowest BCUT2D eigenvalue weighted by Crippen LogP contribution is -2.57. The van der Waals surface area contributed by atoms with E-state index in [4.69, 9.17) is 0 Å². The van der Waals surface area contributed by atoms with Gasteiger partial charge in [-0.25, -0.2) is 0 Å². The summed E-state index contributed by atoms with van der Waals surface area (Å²) in [5, 5.41) is 3.30. The number of nitrogens with zero attached hydrogens (tertiary/aromatic N) is 2. The average Bonchev–Trinajstić information content (AvgIpc) is 2.53. The topological polar surface area (TPSA) is 35.6 Å². The van der Waals surface area contributed by atoms with Gasteiger partial charge in [-0.3, -0.25) is 9.69 Å². The molecule has 104 valence electrons. The van der Waals surface area contributed by atoms with Crippen molar-refractivity contribution < 1.29 is 4.79 Å². The Morgan fingerprint density at radius 2 is 2.00 bits per heavy atom. The van der Waals surface area contributed by atoms with E-state index in [0.717, 1.165) is 32.5 Å². The summed E-state index contributed by atoms with van der Waals surface area (Å²) >= 11 is 0. The summed E-state index contributed by atoms with van der Waals surface area (Å²) in [7, 11) is 0. The molecule has 1 amide bonds. The summed E-state index contributed by atoms with van der Waals surface area (Å²) in [5.74, 6) is 0.282. The molecule has 0 aromatic rings. The van der Waals surface area contributed by atoms with E-state index < -0.39 is 0 Å². The molecule has 4 heteroatoms. The van der Waals surface area contributed by atoms with Crippen LogP contribution in [0, 0.1) is 0 Å². The Kier molecular flexibility index (Phi) is 4.62. The number of likely N-dealkylation sites (tertiary alicyclic amines) is 1. The zero-order chi connectivity index (χ0) is 13.1. The lowest BCUT2D eigenvalue weighted by molar-refractivity contribution is -0.141. The van der Waals surface area contributed by atoms with Crippen LogP contribution in [0.1, 0.15) is 46.5 Å². The third-order valence-corrected chi connectivity index (χ3v) is 4.21. The molecule has 0 saturated carbocycles. The van der Waals surface area contributed by atoms with Gasteiger partial charge in [-0.15, -0.1) is 0 Å². The molecule has 2 heterocycles. The molecule has 2 saturated heterocycles. The summed E-state index contributed by atoms with van der Waals surface area (Å²) in [6, 6.07) is 0.498. The van der Waals surface area contributed by atoms with Gasteiger partial charge in [0.2, 0.25) is 5.91 Å². The summed E-state index contributed by atoms with van der Waals surface area (Å²) < 4.78 is 0. The number of amides is 1. The monoisotopic (exact) mass is 253 g/mol. The van der Waals surface area contributed by atoms with E-state index in [0.29, 0.717) is 12.2 Å². The molecule has 0 radical (unpaired) electrons. The number of hydrogen-bond donors (Lipinski definition) is 1. The first-order chi connectivity index (χ1) is 8.61. The first kappa shape index (κ1) is 13.8. The van der Waals surface area contributed by atoms with Crippen molar-refractivity contribution in [2.24, 2.45) is 0 Å². The molecule has 0 spiro atoms. The highest BCUT2D eigenvalue weighted by atomic mass is 16.2. The van der Waals surface area contributed by atoms with E-state index in [1.54, 1.807) is 0 Å². The second-order valence-electron chi connectivity index (χ2n) is 5.87. The van der Waals surface area contributed by atoms with Gasteiger partial charge in [-0.1, -0.05) is 0 Å². The van der Waals surface area contributed by atoms with E-state index in [1.165, 1.54) is 12.8 Å². The van der Waals surface area contributed by atoms with Crippen LogP contribution in [-0.4, -0.2) is 53.6 Å². The summed E-state index contributed by atoms with van der Waals surface area (Å²) in [4.78, 5) is 17.1. The Bertz CT molecular complexity index is 293.